The number of hydrogen-bond donors (Lipinski definition) is 1. The smallest absolute Gasteiger partial charge is 0.147 e. The fourth-order valence-electron chi connectivity index (χ4n) is 1.99. The molecule has 2 nitrogen and oxygen atoms in total. The highest BCUT2D eigenvalue weighted by atomic mass is 79.9. The Morgan fingerprint density at radius 2 is 1.90 bits per heavy atom. The van der Waals surface area contributed by atoms with Gasteiger partial charge in [0.25, 0.3) is 0 Å². The number of benzene rings is 2. The molecule has 1 fully saturated rings. The van der Waals surface area contributed by atoms with Gasteiger partial charge >= 0.3 is 0 Å². The number of hydrogen-bond acceptors (Lipinski definition) is 2. The highest BCUT2D eigenvalue weighted by Crippen LogP contribution is 2.35. The highest BCUT2D eigenvalue weighted by molar-refractivity contribution is 9.10. The molecule has 0 amide bonds. The second-order valence-corrected chi connectivity index (χ2v) is 6.84. The van der Waals surface area contributed by atoms with Crippen molar-refractivity contribution in [3.8, 4) is 11.5 Å². The first-order valence-corrected chi connectivity index (χ1v) is 8.31. The van der Waals surface area contributed by atoms with Crippen molar-refractivity contribution in [2.75, 3.05) is 0 Å². The minimum absolute atomic E-state index is 0.569. The van der Waals surface area contributed by atoms with Gasteiger partial charge in [-0.25, -0.2) is 0 Å². The van der Waals surface area contributed by atoms with E-state index in [1.807, 2.05) is 30.3 Å². The van der Waals surface area contributed by atoms with Crippen molar-refractivity contribution >= 4 is 39.1 Å². The topological polar surface area (TPSA) is 21.3 Å². The minimum Gasteiger partial charge on any atom is -0.455 e. The summed E-state index contributed by atoms with van der Waals surface area (Å²) in [5.74, 6) is 1.34. The molecule has 0 heterocycles. The molecule has 1 aliphatic rings. The van der Waals surface area contributed by atoms with E-state index in [0.29, 0.717) is 21.8 Å². The molecule has 1 N–H and O–H groups in total. The summed E-state index contributed by atoms with van der Waals surface area (Å²) < 4.78 is 6.89. The standard InChI is InChI=1S/C16H14BrCl2NO/c17-11-2-6-14(19)16(7-11)21-15-8-12(18)3-1-10(15)9-20-13-4-5-13/h1-3,6-8,13,20H,4-5,9H2. The number of ether oxygens (including phenoxy) is 1. The summed E-state index contributed by atoms with van der Waals surface area (Å²) in [4.78, 5) is 0. The molecule has 0 unspecified atom stereocenters. The lowest BCUT2D eigenvalue weighted by Crippen LogP contribution is -2.15. The quantitative estimate of drug-likeness (QED) is 0.700. The molecule has 3 rings (SSSR count). The van der Waals surface area contributed by atoms with Crippen LogP contribution in [0.3, 0.4) is 0 Å². The molecule has 0 aromatic heterocycles. The van der Waals surface area contributed by atoms with Gasteiger partial charge in [-0.2, -0.15) is 0 Å². The van der Waals surface area contributed by atoms with Gasteiger partial charge in [-0.05, 0) is 43.2 Å². The van der Waals surface area contributed by atoms with Crippen LogP contribution >= 0.6 is 39.1 Å². The zero-order valence-electron chi connectivity index (χ0n) is 11.2. The summed E-state index contributed by atoms with van der Waals surface area (Å²) >= 11 is 15.7. The zero-order valence-corrected chi connectivity index (χ0v) is 14.3. The first kappa shape index (κ1) is 15.2. The van der Waals surface area contributed by atoms with E-state index in [2.05, 4.69) is 21.2 Å². The second kappa shape index (κ2) is 6.57. The Hall–Kier alpha value is -0.740. The molecule has 1 saturated carbocycles. The SMILES string of the molecule is Clc1ccc(CNC2CC2)c(Oc2cc(Br)ccc2Cl)c1. The Bertz CT molecular complexity index is 659. The van der Waals surface area contributed by atoms with E-state index in [1.165, 1.54) is 12.8 Å². The third-order valence-corrected chi connectivity index (χ3v) is 4.34. The molecule has 0 atom stereocenters. The van der Waals surface area contributed by atoms with Crippen LogP contribution in [0.2, 0.25) is 10.0 Å². The van der Waals surface area contributed by atoms with Gasteiger partial charge < -0.3 is 10.1 Å². The third kappa shape index (κ3) is 4.13. The number of nitrogens with one attached hydrogen (secondary N) is 1. The van der Waals surface area contributed by atoms with E-state index < -0.39 is 0 Å². The molecule has 110 valence electrons. The van der Waals surface area contributed by atoms with Crippen LogP contribution in [0.4, 0.5) is 0 Å². The van der Waals surface area contributed by atoms with Crippen molar-refractivity contribution in [2.24, 2.45) is 0 Å². The van der Waals surface area contributed by atoms with Crippen molar-refractivity contribution in [2.45, 2.75) is 25.4 Å². The molecular weight excluding hydrogens is 373 g/mol. The summed E-state index contributed by atoms with van der Waals surface area (Å²) in [6.45, 7) is 0.767. The molecule has 0 radical (unpaired) electrons. The maximum atomic E-state index is 6.18. The summed E-state index contributed by atoms with van der Waals surface area (Å²) in [5.41, 5.74) is 1.07. The Labute approximate surface area is 142 Å². The molecule has 2 aromatic rings. The maximum Gasteiger partial charge on any atom is 0.147 e. The van der Waals surface area contributed by atoms with Crippen LogP contribution in [0, 0.1) is 0 Å². The molecular formula is C16H14BrCl2NO. The molecule has 0 bridgehead atoms. The summed E-state index contributed by atoms with van der Waals surface area (Å²) in [6.07, 6.45) is 2.50. The summed E-state index contributed by atoms with van der Waals surface area (Å²) in [5, 5.41) is 4.69. The number of halogens is 3. The Balaban J connectivity index is 1.85. The highest BCUT2D eigenvalue weighted by Gasteiger charge is 2.20. The predicted molar refractivity (Wildman–Crippen MR) is 90.5 cm³/mol. The van der Waals surface area contributed by atoms with Crippen LogP contribution in [-0.4, -0.2) is 6.04 Å². The second-order valence-electron chi connectivity index (χ2n) is 5.08. The Morgan fingerprint density at radius 1 is 1.10 bits per heavy atom. The van der Waals surface area contributed by atoms with E-state index in [1.54, 1.807) is 6.07 Å². The van der Waals surface area contributed by atoms with Crippen molar-refractivity contribution in [1.82, 2.24) is 5.32 Å². The number of rotatable bonds is 5. The normalized spacial score (nSPS) is 14.2. The molecule has 0 aliphatic heterocycles. The van der Waals surface area contributed by atoms with E-state index in [9.17, 15) is 0 Å². The molecule has 0 saturated heterocycles. The van der Waals surface area contributed by atoms with Gasteiger partial charge in [0.1, 0.15) is 11.5 Å². The lowest BCUT2D eigenvalue weighted by molar-refractivity contribution is 0.472. The molecule has 2 aromatic carbocycles. The Kier molecular flexibility index (Phi) is 4.75. The lowest BCUT2D eigenvalue weighted by Gasteiger charge is -2.13. The van der Waals surface area contributed by atoms with E-state index in [-0.39, 0.29) is 0 Å². The molecule has 21 heavy (non-hydrogen) atoms. The third-order valence-electron chi connectivity index (χ3n) is 3.30. The van der Waals surface area contributed by atoms with Crippen LogP contribution in [0.25, 0.3) is 0 Å². The summed E-state index contributed by atoms with van der Waals surface area (Å²) in [7, 11) is 0. The minimum atomic E-state index is 0.569. The van der Waals surface area contributed by atoms with Gasteiger partial charge in [0.05, 0.1) is 5.02 Å². The molecule has 1 aliphatic carbocycles. The van der Waals surface area contributed by atoms with Gasteiger partial charge in [-0.1, -0.05) is 45.2 Å². The molecule has 0 spiro atoms. The predicted octanol–water partition coefficient (Wildman–Crippen LogP) is 5.80. The molecule has 5 heteroatoms. The monoisotopic (exact) mass is 385 g/mol. The summed E-state index contributed by atoms with van der Waals surface area (Å²) in [6, 6.07) is 11.9. The fraction of sp³-hybridized carbons (Fsp3) is 0.250. The Morgan fingerprint density at radius 3 is 2.67 bits per heavy atom. The van der Waals surface area contributed by atoms with Gasteiger partial charge in [-0.3, -0.25) is 0 Å². The average molecular weight is 387 g/mol. The van der Waals surface area contributed by atoms with Gasteiger partial charge in [0, 0.05) is 27.6 Å². The van der Waals surface area contributed by atoms with E-state index in [4.69, 9.17) is 27.9 Å². The maximum absolute atomic E-state index is 6.18. The van der Waals surface area contributed by atoms with Crippen LogP contribution in [0.15, 0.2) is 40.9 Å². The average Bonchev–Trinajstić information content (AvgIpc) is 3.26. The zero-order chi connectivity index (χ0) is 14.8. The lowest BCUT2D eigenvalue weighted by atomic mass is 10.2. The first-order chi connectivity index (χ1) is 10.1. The van der Waals surface area contributed by atoms with Crippen molar-refractivity contribution in [3.05, 3.63) is 56.5 Å². The van der Waals surface area contributed by atoms with E-state index >= 15 is 0 Å². The van der Waals surface area contributed by atoms with Crippen LogP contribution in [0.5, 0.6) is 11.5 Å². The van der Waals surface area contributed by atoms with Crippen LogP contribution in [0.1, 0.15) is 18.4 Å². The van der Waals surface area contributed by atoms with Gasteiger partial charge in [0.15, 0.2) is 0 Å². The van der Waals surface area contributed by atoms with Crippen LogP contribution < -0.4 is 10.1 Å². The van der Waals surface area contributed by atoms with Crippen molar-refractivity contribution < 1.29 is 4.74 Å². The van der Waals surface area contributed by atoms with Crippen molar-refractivity contribution in [3.63, 3.8) is 0 Å². The van der Waals surface area contributed by atoms with E-state index in [0.717, 1.165) is 22.3 Å². The largest absolute Gasteiger partial charge is 0.455 e. The first-order valence-electron chi connectivity index (χ1n) is 6.76. The fourth-order valence-corrected chi connectivity index (χ4v) is 2.64. The van der Waals surface area contributed by atoms with Crippen LogP contribution in [-0.2, 0) is 6.54 Å². The van der Waals surface area contributed by atoms with Gasteiger partial charge in [0.2, 0.25) is 0 Å². The van der Waals surface area contributed by atoms with Crippen molar-refractivity contribution in [1.29, 1.82) is 0 Å². The van der Waals surface area contributed by atoms with Gasteiger partial charge in [-0.15, -0.1) is 0 Å².